The molecule has 3 aromatic carbocycles. The first-order chi connectivity index (χ1) is 16.3. The molecule has 1 heterocycles. The van der Waals surface area contributed by atoms with E-state index in [9.17, 15) is 14.0 Å². The van der Waals surface area contributed by atoms with Crippen molar-refractivity contribution in [1.82, 2.24) is 4.90 Å². The first kappa shape index (κ1) is 23.3. The third-order valence-corrected chi connectivity index (χ3v) is 5.88. The van der Waals surface area contributed by atoms with Gasteiger partial charge in [0, 0.05) is 23.9 Å². The SMILES string of the molecule is CC(=O)N(Cc1ccc2c(c1)CN(C(=O)Nc1ccc(C)c(F)c1)CCO2)c1ccc(C)cc1. The van der Waals surface area contributed by atoms with Crippen LogP contribution in [0.2, 0.25) is 0 Å². The third kappa shape index (κ3) is 5.36. The molecule has 0 spiro atoms. The molecular formula is C27H28FN3O3. The second-order valence-electron chi connectivity index (χ2n) is 8.55. The van der Waals surface area contributed by atoms with Crippen molar-refractivity contribution in [3.05, 3.63) is 88.7 Å². The minimum atomic E-state index is -0.365. The van der Waals surface area contributed by atoms with E-state index in [0.29, 0.717) is 43.2 Å². The van der Waals surface area contributed by atoms with Crippen molar-refractivity contribution in [3.8, 4) is 5.75 Å². The Balaban J connectivity index is 1.51. The average Bonchev–Trinajstić information content (AvgIpc) is 3.02. The van der Waals surface area contributed by atoms with Gasteiger partial charge in [-0.25, -0.2) is 9.18 Å². The van der Waals surface area contributed by atoms with Crippen LogP contribution in [0.25, 0.3) is 0 Å². The molecule has 7 heteroatoms. The quantitative estimate of drug-likeness (QED) is 0.564. The Morgan fingerprint density at radius 3 is 2.53 bits per heavy atom. The zero-order valence-electron chi connectivity index (χ0n) is 19.6. The molecule has 34 heavy (non-hydrogen) atoms. The van der Waals surface area contributed by atoms with Crippen molar-refractivity contribution in [2.24, 2.45) is 0 Å². The number of amides is 3. The van der Waals surface area contributed by atoms with Crippen molar-refractivity contribution >= 4 is 23.3 Å². The predicted molar refractivity (Wildman–Crippen MR) is 131 cm³/mol. The molecule has 0 radical (unpaired) electrons. The van der Waals surface area contributed by atoms with Crippen LogP contribution in [0.15, 0.2) is 60.7 Å². The first-order valence-electron chi connectivity index (χ1n) is 11.2. The Morgan fingerprint density at radius 2 is 1.82 bits per heavy atom. The largest absolute Gasteiger partial charge is 0.491 e. The highest BCUT2D eigenvalue weighted by atomic mass is 19.1. The fraction of sp³-hybridized carbons (Fsp3) is 0.259. The molecule has 0 aromatic heterocycles. The van der Waals surface area contributed by atoms with E-state index in [1.54, 1.807) is 35.8 Å². The molecule has 0 aliphatic carbocycles. The monoisotopic (exact) mass is 461 g/mol. The van der Waals surface area contributed by atoms with Crippen molar-refractivity contribution in [2.75, 3.05) is 23.4 Å². The number of fused-ring (bicyclic) bond motifs is 1. The smallest absolute Gasteiger partial charge is 0.322 e. The number of carbonyl (C=O) groups excluding carboxylic acids is 2. The fourth-order valence-electron chi connectivity index (χ4n) is 3.88. The van der Waals surface area contributed by atoms with Gasteiger partial charge < -0.3 is 19.9 Å². The van der Waals surface area contributed by atoms with Crippen molar-refractivity contribution in [1.29, 1.82) is 0 Å². The molecule has 3 aromatic rings. The molecule has 1 N–H and O–H groups in total. The van der Waals surface area contributed by atoms with Gasteiger partial charge in [0.05, 0.1) is 19.6 Å². The van der Waals surface area contributed by atoms with Gasteiger partial charge >= 0.3 is 6.03 Å². The Morgan fingerprint density at radius 1 is 1.06 bits per heavy atom. The van der Waals surface area contributed by atoms with Gasteiger partial charge in [0.25, 0.3) is 0 Å². The van der Waals surface area contributed by atoms with Crippen LogP contribution in [-0.2, 0) is 17.9 Å². The lowest BCUT2D eigenvalue weighted by Gasteiger charge is -2.23. The molecule has 4 rings (SSSR count). The summed E-state index contributed by atoms with van der Waals surface area (Å²) >= 11 is 0. The van der Waals surface area contributed by atoms with Crippen LogP contribution in [0, 0.1) is 19.7 Å². The van der Waals surface area contributed by atoms with Crippen LogP contribution in [0.1, 0.15) is 29.2 Å². The minimum absolute atomic E-state index is 0.0543. The number of benzene rings is 3. The zero-order valence-corrected chi connectivity index (χ0v) is 19.6. The molecular weight excluding hydrogens is 433 g/mol. The van der Waals surface area contributed by atoms with Gasteiger partial charge in [-0.1, -0.05) is 29.8 Å². The molecule has 176 valence electrons. The average molecular weight is 462 g/mol. The van der Waals surface area contributed by atoms with Gasteiger partial charge in [-0.05, 0) is 61.4 Å². The lowest BCUT2D eigenvalue weighted by molar-refractivity contribution is -0.116. The standard InChI is InChI=1S/C27H28FN3O3/c1-18-4-9-24(10-5-18)31(20(3)32)16-21-7-11-26-22(14-21)17-30(12-13-34-26)27(33)29-23-8-6-19(2)25(28)15-23/h4-11,14-15H,12-13,16-17H2,1-3H3,(H,29,33). The Bertz CT molecular complexity index is 1210. The summed E-state index contributed by atoms with van der Waals surface area (Å²) in [6.07, 6.45) is 0. The number of urea groups is 1. The molecule has 0 bridgehead atoms. The number of carbonyl (C=O) groups is 2. The summed E-state index contributed by atoms with van der Waals surface area (Å²) in [5, 5.41) is 2.76. The highest BCUT2D eigenvalue weighted by Crippen LogP contribution is 2.27. The van der Waals surface area contributed by atoms with Gasteiger partial charge in [-0.3, -0.25) is 4.79 Å². The summed E-state index contributed by atoms with van der Waals surface area (Å²) < 4.78 is 19.7. The van der Waals surface area contributed by atoms with E-state index in [1.165, 1.54) is 6.07 Å². The lowest BCUT2D eigenvalue weighted by atomic mass is 10.1. The van der Waals surface area contributed by atoms with Crippen LogP contribution >= 0.6 is 0 Å². The second kappa shape index (κ2) is 9.95. The fourth-order valence-corrected chi connectivity index (χ4v) is 3.88. The summed E-state index contributed by atoms with van der Waals surface area (Å²) in [5.41, 5.74) is 4.67. The Hall–Kier alpha value is -3.87. The van der Waals surface area contributed by atoms with Gasteiger partial charge in [-0.2, -0.15) is 0 Å². The number of rotatable bonds is 4. The van der Waals surface area contributed by atoms with E-state index in [2.05, 4.69) is 5.32 Å². The second-order valence-corrected chi connectivity index (χ2v) is 8.55. The molecule has 1 aliphatic rings. The summed E-state index contributed by atoms with van der Waals surface area (Å²) in [5.74, 6) is 0.294. The van der Waals surface area contributed by atoms with Crippen molar-refractivity contribution < 1.29 is 18.7 Å². The van der Waals surface area contributed by atoms with E-state index >= 15 is 0 Å². The molecule has 3 amide bonds. The number of nitrogens with zero attached hydrogens (tertiary/aromatic N) is 2. The molecule has 0 saturated heterocycles. The highest BCUT2D eigenvalue weighted by Gasteiger charge is 2.21. The number of hydrogen-bond acceptors (Lipinski definition) is 3. The Kier molecular flexibility index (Phi) is 6.82. The number of nitrogens with one attached hydrogen (secondary N) is 1. The van der Waals surface area contributed by atoms with E-state index in [4.69, 9.17) is 4.74 Å². The number of anilines is 2. The summed E-state index contributed by atoms with van der Waals surface area (Å²) in [7, 11) is 0. The summed E-state index contributed by atoms with van der Waals surface area (Å²) in [6.45, 7) is 6.72. The molecule has 1 aliphatic heterocycles. The van der Waals surface area contributed by atoms with Gasteiger partial charge in [-0.15, -0.1) is 0 Å². The predicted octanol–water partition coefficient (Wildman–Crippen LogP) is 5.42. The van der Waals surface area contributed by atoms with E-state index in [-0.39, 0.29) is 17.8 Å². The van der Waals surface area contributed by atoms with Crippen LogP contribution in [-0.4, -0.2) is 30.0 Å². The maximum absolute atomic E-state index is 13.9. The molecule has 0 atom stereocenters. The van der Waals surface area contributed by atoms with E-state index in [0.717, 1.165) is 22.4 Å². The Labute approximate surface area is 198 Å². The van der Waals surface area contributed by atoms with Crippen LogP contribution in [0.4, 0.5) is 20.6 Å². The first-order valence-corrected chi connectivity index (χ1v) is 11.2. The summed E-state index contributed by atoms with van der Waals surface area (Å²) in [6, 6.07) is 17.9. The minimum Gasteiger partial charge on any atom is -0.491 e. The number of aryl methyl sites for hydroxylation is 2. The molecule has 0 unspecified atom stereocenters. The lowest BCUT2D eigenvalue weighted by Crippen LogP contribution is -2.36. The maximum Gasteiger partial charge on any atom is 0.322 e. The normalized spacial score (nSPS) is 12.9. The van der Waals surface area contributed by atoms with Crippen LogP contribution < -0.4 is 15.0 Å². The number of ether oxygens (including phenoxy) is 1. The van der Waals surface area contributed by atoms with Crippen molar-refractivity contribution in [3.63, 3.8) is 0 Å². The number of halogens is 1. The van der Waals surface area contributed by atoms with E-state index in [1.807, 2.05) is 49.4 Å². The topological polar surface area (TPSA) is 61.9 Å². The van der Waals surface area contributed by atoms with Gasteiger partial charge in [0.1, 0.15) is 18.2 Å². The molecule has 6 nitrogen and oxygen atoms in total. The number of hydrogen-bond donors (Lipinski definition) is 1. The zero-order chi connectivity index (χ0) is 24.2. The van der Waals surface area contributed by atoms with E-state index < -0.39 is 0 Å². The third-order valence-electron chi connectivity index (χ3n) is 5.88. The molecule has 0 saturated carbocycles. The van der Waals surface area contributed by atoms with Crippen LogP contribution in [0.5, 0.6) is 5.75 Å². The van der Waals surface area contributed by atoms with Gasteiger partial charge in [0.2, 0.25) is 5.91 Å². The van der Waals surface area contributed by atoms with Gasteiger partial charge in [0.15, 0.2) is 0 Å². The highest BCUT2D eigenvalue weighted by molar-refractivity contribution is 5.91. The maximum atomic E-state index is 13.9. The molecule has 0 fully saturated rings. The summed E-state index contributed by atoms with van der Waals surface area (Å²) in [4.78, 5) is 28.6. The van der Waals surface area contributed by atoms with Crippen molar-refractivity contribution in [2.45, 2.75) is 33.9 Å². The van der Waals surface area contributed by atoms with Crippen LogP contribution in [0.3, 0.4) is 0 Å².